The van der Waals surface area contributed by atoms with Gasteiger partial charge < -0.3 is 0 Å². The van der Waals surface area contributed by atoms with Crippen molar-refractivity contribution in [2.75, 3.05) is 0 Å². The molecule has 1 heterocycles. The molecular weight excluding hydrogens is 220 g/mol. The molecule has 0 saturated carbocycles. The van der Waals surface area contributed by atoms with E-state index in [1.54, 1.807) is 18.6 Å². The Hall–Kier alpha value is -2.48. The molecule has 2 aromatic carbocycles. The molecule has 3 aromatic rings. The van der Waals surface area contributed by atoms with Crippen LogP contribution in [-0.4, -0.2) is 9.97 Å². The van der Waals surface area contributed by atoms with E-state index in [4.69, 9.17) is 0 Å². The van der Waals surface area contributed by atoms with Gasteiger partial charge in [-0.3, -0.25) is 9.97 Å². The number of fused-ring (bicyclic) bond motifs is 1. The van der Waals surface area contributed by atoms with Gasteiger partial charge in [-0.1, -0.05) is 42.5 Å². The van der Waals surface area contributed by atoms with Crippen molar-refractivity contribution in [3.05, 3.63) is 72.3 Å². The maximum absolute atomic E-state index is 4.21. The van der Waals surface area contributed by atoms with Crippen LogP contribution < -0.4 is 0 Å². The Bertz CT molecular complexity index is 688. The monoisotopic (exact) mass is 232 g/mol. The first-order valence-corrected chi connectivity index (χ1v) is 5.85. The van der Waals surface area contributed by atoms with Crippen molar-refractivity contribution in [3.63, 3.8) is 0 Å². The van der Waals surface area contributed by atoms with E-state index in [1.165, 1.54) is 16.3 Å². The summed E-state index contributed by atoms with van der Waals surface area (Å²) in [6.07, 6.45) is 9.14. The maximum atomic E-state index is 4.21. The van der Waals surface area contributed by atoms with Crippen LogP contribution in [0.15, 0.2) is 61.1 Å². The van der Waals surface area contributed by atoms with E-state index in [2.05, 4.69) is 58.5 Å². The molecule has 0 aliphatic heterocycles. The standard InChI is InChI=1S/C16H12N2/c1-2-4-15-11-13(5-7-14(15)3-1)6-8-16-12-17-9-10-18-16/h1-12H. The first kappa shape index (κ1) is 10.7. The predicted octanol–water partition coefficient (Wildman–Crippen LogP) is 3.80. The van der Waals surface area contributed by atoms with Gasteiger partial charge in [0.05, 0.1) is 11.9 Å². The Morgan fingerprint density at radius 1 is 0.833 bits per heavy atom. The SMILES string of the molecule is C(=Cc1cnccn1)c1ccc2ccccc2c1. The molecule has 0 aliphatic carbocycles. The van der Waals surface area contributed by atoms with E-state index in [0.29, 0.717) is 0 Å². The van der Waals surface area contributed by atoms with E-state index in [0.717, 1.165) is 5.69 Å². The fraction of sp³-hybridized carbons (Fsp3) is 0. The molecule has 0 atom stereocenters. The molecule has 18 heavy (non-hydrogen) atoms. The molecule has 2 heteroatoms. The van der Waals surface area contributed by atoms with E-state index in [9.17, 15) is 0 Å². The zero-order chi connectivity index (χ0) is 12.2. The highest BCUT2D eigenvalue weighted by molar-refractivity contribution is 5.85. The summed E-state index contributed by atoms with van der Waals surface area (Å²) in [4.78, 5) is 8.24. The van der Waals surface area contributed by atoms with Gasteiger partial charge in [0, 0.05) is 12.4 Å². The third-order valence-electron chi connectivity index (χ3n) is 2.80. The summed E-state index contributed by atoms with van der Waals surface area (Å²) in [5, 5.41) is 2.51. The molecule has 0 radical (unpaired) electrons. The summed E-state index contributed by atoms with van der Waals surface area (Å²) >= 11 is 0. The van der Waals surface area contributed by atoms with Crippen LogP contribution >= 0.6 is 0 Å². The van der Waals surface area contributed by atoms with Crippen LogP contribution in [0.5, 0.6) is 0 Å². The van der Waals surface area contributed by atoms with E-state index < -0.39 is 0 Å². The molecule has 0 unspecified atom stereocenters. The summed E-state index contributed by atoms with van der Waals surface area (Å²) in [7, 11) is 0. The summed E-state index contributed by atoms with van der Waals surface area (Å²) in [5.41, 5.74) is 2.03. The zero-order valence-corrected chi connectivity index (χ0v) is 9.82. The number of aromatic nitrogens is 2. The molecule has 0 N–H and O–H groups in total. The van der Waals surface area contributed by atoms with Crippen molar-refractivity contribution in [3.8, 4) is 0 Å². The summed E-state index contributed by atoms with van der Waals surface area (Å²) in [6.45, 7) is 0. The number of hydrogen-bond acceptors (Lipinski definition) is 2. The summed E-state index contributed by atoms with van der Waals surface area (Å²) in [5.74, 6) is 0. The van der Waals surface area contributed by atoms with Gasteiger partial charge in [0.15, 0.2) is 0 Å². The molecular formula is C16H12N2. The third-order valence-corrected chi connectivity index (χ3v) is 2.80. The smallest absolute Gasteiger partial charge is 0.0813 e. The molecule has 0 saturated heterocycles. The average Bonchev–Trinajstić information content (AvgIpc) is 2.46. The zero-order valence-electron chi connectivity index (χ0n) is 9.82. The first-order valence-electron chi connectivity index (χ1n) is 5.85. The average molecular weight is 232 g/mol. The van der Waals surface area contributed by atoms with Crippen LogP contribution in [0.25, 0.3) is 22.9 Å². The molecule has 0 aliphatic rings. The third kappa shape index (κ3) is 2.28. The van der Waals surface area contributed by atoms with Gasteiger partial charge in [0.25, 0.3) is 0 Å². The number of nitrogens with zero attached hydrogens (tertiary/aromatic N) is 2. The lowest BCUT2D eigenvalue weighted by Crippen LogP contribution is -1.80. The van der Waals surface area contributed by atoms with Gasteiger partial charge in [-0.2, -0.15) is 0 Å². The number of benzene rings is 2. The van der Waals surface area contributed by atoms with Crippen molar-refractivity contribution >= 4 is 22.9 Å². The maximum Gasteiger partial charge on any atom is 0.0813 e. The summed E-state index contributed by atoms with van der Waals surface area (Å²) < 4.78 is 0. The van der Waals surface area contributed by atoms with E-state index in [-0.39, 0.29) is 0 Å². The van der Waals surface area contributed by atoms with E-state index in [1.807, 2.05) is 6.08 Å². The summed E-state index contributed by atoms with van der Waals surface area (Å²) in [6, 6.07) is 14.7. The molecule has 0 amide bonds. The fourth-order valence-corrected chi connectivity index (χ4v) is 1.89. The highest BCUT2D eigenvalue weighted by Crippen LogP contribution is 2.16. The molecule has 0 bridgehead atoms. The van der Waals surface area contributed by atoms with Crippen LogP contribution in [-0.2, 0) is 0 Å². The molecule has 2 nitrogen and oxygen atoms in total. The Labute approximate surface area is 106 Å². The highest BCUT2D eigenvalue weighted by Gasteiger charge is 1.93. The quantitative estimate of drug-likeness (QED) is 0.671. The van der Waals surface area contributed by atoms with Gasteiger partial charge in [-0.15, -0.1) is 0 Å². The topological polar surface area (TPSA) is 25.8 Å². The van der Waals surface area contributed by atoms with Gasteiger partial charge in [-0.25, -0.2) is 0 Å². The number of hydrogen-bond donors (Lipinski definition) is 0. The van der Waals surface area contributed by atoms with Gasteiger partial charge in [0.2, 0.25) is 0 Å². The largest absolute Gasteiger partial charge is 0.261 e. The van der Waals surface area contributed by atoms with Crippen LogP contribution in [0, 0.1) is 0 Å². The van der Waals surface area contributed by atoms with Crippen LogP contribution in [0.2, 0.25) is 0 Å². The Morgan fingerprint density at radius 2 is 1.72 bits per heavy atom. The fourth-order valence-electron chi connectivity index (χ4n) is 1.89. The van der Waals surface area contributed by atoms with Gasteiger partial charge >= 0.3 is 0 Å². The Kier molecular flexibility index (Phi) is 2.84. The molecule has 3 rings (SSSR count). The van der Waals surface area contributed by atoms with E-state index >= 15 is 0 Å². The van der Waals surface area contributed by atoms with Crippen molar-refractivity contribution in [1.82, 2.24) is 9.97 Å². The Morgan fingerprint density at radius 3 is 2.56 bits per heavy atom. The van der Waals surface area contributed by atoms with Crippen molar-refractivity contribution in [1.29, 1.82) is 0 Å². The lowest BCUT2D eigenvalue weighted by atomic mass is 10.1. The minimum Gasteiger partial charge on any atom is -0.261 e. The normalized spacial score (nSPS) is 11.1. The van der Waals surface area contributed by atoms with Crippen LogP contribution in [0.4, 0.5) is 0 Å². The van der Waals surface area contributed by atoms with Gasteiger partial charge in [0.1, 0.15) is 0 Å². The molecule has 86 valence electrons. The number of rotatable bonds is 2. The minimum absolute atomic E-state index is 0.866. The van der Waals surface area contributed by atoms with Crippen molar-refractivity contribution in [2.24, 2.45) is 0 Å². The van der Waals surface area contributed by atoms with Crippen LogP contribution in [0.1, 0.15) is 11.3 Å². The second kappa shape index (κ2) is 4.80. The second-order valence-corrected chi connectivity index (χ2v) is 4.07. The van der Waals surface area contributed by atoms with Crippen molar-refractivity contribution < 1.29 is 0 Å². The molecule has 0 spiro atoms. The second-order valence-electron chi connectivity index (χ2n) is 4.07. The predicted molar refractivity (Wildman–Crippen MR) is 74.9 cm³/mol. The lowest BCUT2D eigenvalue weighted by Gasteiger charge is -1.99. The minimum atomic E-state index is 0.866. The van der Waals surface area contributed by atoms with Crippen molar-refractivity contribution in [2.45, 2.75) is 0 Å². The van der Waals surface area contributed by atoms with Crippen LogP contribution in [0.3, 0.4) is 0 Å². The molecule has 1 aromatic heterocycles. The highest BCUT2D eigenvalue weighted by atomic mass is 14.7. The first-order chi connectivity index (χ1) is 8.92. The lowest BCUT2D eigenvalue weighted by molar-refractivity contribution is 1.18. The molecule has 0 fully saturated rings. The van der Waals surface area contributed by atoms with Gasteiger partial charge in [-0.05, 0) is 28.5 Å². The Balaban J connectivity index is 1.93.